The van der Waals surface area contributed by atoms with E-state index in [9.17, 15) is 63.1 Å². The van der Waals surface area contributed by atoms with Gasteiger partial charge >= 0.3 is 23.9 Å². The lowest BCUT2D eigenvalue weighted by molar-refractivity contribution is -0.152. The molecule has 2 aromatic carbocycles. The minimum atomic E-state index is -2.53. The molecule has 0 bridgehead atoms. The average molecular weight is 672 g/mol. The number of carbonyl (C=O) groups is 4. The lowest BCUT2D eigenvalue weighted by atomic mass is 9.96. The summed E-state index contributed by atoms with van der Waals surface area (Å²) in [5.74, 6) is -39.4. The Morgan fingerprint density at radius 3 is 0.913 bits per heavy atom. The molecule has 8 nitrogen and oxygen atoms in total. The van der Waals surface area contributed by atoms with Crippen molar-refractivity contribution in [3.8, 4) is 11.5 Å². The Hall–Kier alpha value is -4.90. The first-order valence-corrected chi connectivity index (χ1v) is 12.5. The van der Waals surface area contributed by atoms with E-state index in [1.807, 2.05) is 0 Å². The van der Waals surface area contributed by atoms with Crippen molar-refractivity contribution >= 4 is 23.9 Å². The SMILES string of the molecule is C=C1C[C@@H](C(=O)O)[C@H](C(=O)O)C1.C=C1C[C@@H](C(=O)Oc2c(F)c(F)c(F)c(F)c2F)[C@H](C(=O)Oc2c(F)c(F)c(F)c(F)c2F)C1. The highest BCUT2D eigenvalue weighted by Crippen LogP contribution is 2.40. The number of carbonyl (C=O) groups excluding carboxylic acids is 2. The van der Waals surface area contributed by atoms with Crippen LogP contribution in [0.1, 0.15) is 25.7 Å². The van der Waals surface area contributed by atoms with Crippen molar-refractivity contribution in [3.63, 3.8) is 0 Å². The van der Waals surface area contributed by atoms with E-state index in [0.29, 0.717) is 12.8 Å². The van der Waals surface area contributed by atoms with Crippen LogP contribution in [0.3, 0.4) is 0 Å². The van der Waals surface area contributed by atoms with Crippen molar-refractivity contribution in [2.75, 3.05) is 0 Å². The molecule has 2 aromatic rings. The quantitative estimate of drug-likeness (QED) is 0.0970. The molecule has 2 fully saturated rings. The van der Waals surface area contributed by atoms with Gasteiger partial charge < -0.3 is 19.7 Å². The van der Waals surface area contributed by atoms with Gasteiger partial charge in [-0.1, -0.05) is 24.3 Å². The second-order valence-corrected chi connectivity index (χ2v) is 10.1. The smallest absolute Gasteiger partial charge is 0.315 e. The van der Waals surface area contributed by atoms with Gasteiger partial charge in [-0.15, -0.1) is 0 Å². The van der Waals surface area contributed by atoms with Crippen molar-refractivity contribution in [3.05, 3.63) is 82.5 Å². The van der Waals surface area contributed by atoms with Gasteiger partial charge in [0.05, 0.1) is 23.7 Å². The van der Waals surface area contributed by atoms with Gasteiger partial charge in [-0.2, -0.15) is 17.6 Å². The molecule has 248 valence electrons. The second-order valence-electron chi connectivity index (χ2n) is 10.1. The highest BCUT2D eigenvalue weighted by molar-refractivity contribution is 5.86. The molecule has 46 heavy (non-hydrogen) atoms. The molecule has 0 amide bonds. The van der Waals surface area contributed by atoms with Crippen molar-refractivity contribution in [1.29, 1.82) is 0 Å². The number of esters is 2. The fourth-order valence-corrected chi connectivity index (χ4v) is 4.70. The Bertz CT molecular complexity index is 1500. The van der Waals surface area contributed by atoms with Gasteiger partial charge in [-0.25, -0.2) is 26.3 Å². The van der Waals surface area contributed by atoms with Crippen LogP contribution in [0.4, 0.5) is 43.9 Å². The number of ether oxygens (including phenoxy) is 2. The van der Waals surface area contributed by atoms with Crippen LogP contribution >= 0.6 is 0 Å². The molecule has 2 aliphatic carbocycles. The average Bonchev–Trinajstić information content (AvgIpc) is 3.60. The summed E-state index contributed by atoms with van der Waals surface area (Å²) in [7, 11) is 0. The topological polar surface area (TPSA) is 127 Å². The molecule has 4 atom stereocenters. The van der Waals surface area contributed by atoms with E-state index in [4.69, 9.17) is 10.2 Å². The number of allylic oxidation sites excluding steroid dienone is 2. The van der Waals surface area contributed by atoms with Crippen molar-refractivity contribution < 1.29 is 82.8 Å². The number of carboxylic acids is 2. The Morgan fingerprint density at radius 1 is 0.457 bits per heavy atom. The molecular formula is C28H18F10O8. The summed E-state index contributed by atoms with van der Waals surface area (Å²) in [6, 6.07) is 0. The number of carboxylic acid groups (broad SMARTS) is 2. The maximum atomic E-state index is 13.8. The first-order valence-electron chi connectivity index (χ1n) is 12.5. The van der Waals surface area contributed by atoms with Crippen LogP contribution in [0.2, 0.25) is 0 Å². The number of halogens is 10. The minimum absolute atomic E-state index is 0.0822. The maximum absolute atomic E-state index is 13.8. The first kappa shape index (κ1) is 35.6. The zero-order valence-corrected chi connectivity index (χ0v) is 22.7. The van der Waals surface area contributed by atoms with E-state index in [-0.39, 0.29) is 5.57 Å². The van der Waals surface area contributed by atoms with Crippen LogP contribution in [0, 0.1) is 81.8 Å². The van der Waals surface area contributed by atoms with Crippen molar-refractivity contribution in [1.82, 2.24) is 0 Å². The summed E-state index contributed by atoms with van der Waals surface area (Å²) in [4.78, 5) is 45.8. The third kappa shape index (κ3) is 6.84. The van der Waals surface area contributed by atoms with Gasteiger partial charge in [0.15, 0.2) is 0 Å². The minimum Gasteiger partial charge on any atom is -0.481 e. The first-order chi connectivity index (χ1) is 21.3. The van der Waals surface area contributed by atoms with Crippen LogP contribution in [0.25, 0.3) is 0 Å². The van der Waals surface area contributed by atoms with E-state index in [2.05, 4.69) is 22.6 Å². The number of hydrogen-bond acceptors (Lipinski definition) is 6. The van der Waals surface area contributed by atoms with Crippen LogP contribution in [-0.4, -0.2) is 34.1 Å². The summed E-state index contributed by atoms with van der Waals surface area (Å²) >= 11 is 0. The van der Waals surface area contributed by atoms with Crippen LogP contribution < -0.4 is 9.47 Å². The van der Waals surface area contributed by atoms with Crippen LogP contribution in [-0.2, 0) is 19.2 Å². The zero-order valence-electron chi connectivity index (χ0n) is 22.7. The monoisotopic (exact) mass is 672 g/mol. The molecule has 2 aliphatic rings. The number of benzene rings is 2. The second kappa shape index (κ2) is 13.6. The van der Waals surface area contributed by atoms with Crippen molar-refractivity contribution in [2.24, 2.45) is 23.7 Å². The molecule has 0 radical (unpaired) electrons. The molecule has 2 N–H and O–H groups in total. The summed E-state index contributed by atoms with van der Waals surface area (Å²) in [6.07, 6.45) is -0.338. The van der Waals surface area contributed by atoms with Gasteiger partial charge in [-0.3, -0.25) is 19.2 Å². The highest BCUT2D eigenvalue weighted by atomic mass is 19.2. The number of hydrogen-bond donors (Lipinski definition) is 2. The Morgan fingerprint density at radius 2 is 0.674 bits per heavy atom. The van der Waals surface area contributed by atoms with Gasteiger partial charge in [0.1, 0.15) is 0 Å². The predicted octanol–water partition coefficient (Wildman–Crippen LogP) is 5.91. The standard InChI is InChI=1S/C20H8F10O4.C8H10O4/c1-4-2-5(19(31)33-17-13(27)9(23)7(21)10(24)14(17)28)6(3-4)20(32)34-18-15(29)11(25)8(22)12(26)16(18)30;1-4-2-5(7(9)10)6(3-4)8(11)12/h5-6H,1-3H2;5-6H,1-3H2,(H,9,10)(H,11,12)/t2*5-,6-/m11/s1. The molecule has 4 rings (SSSR count). The van der Waals surface area contributed by atoms with Gasteiger partial charge in [0.2, 0.25) is 69.7 Å². The summed E-state index contributed by atoms with van der Waals surface area (Å²) in [5, 5.41) is 17.3. The highest BCUT2D eigenvalue weighted by Gasteiger charge is 2.44. The van der Waals surface area contributed by atoms with Crippen LogP contribution in [0.15, 0.2) is 24.3 Å². The number of aliphatic carboxylic acids is 2. The van der Waals surface area contributed by atoms with Gasteiger partial charge in [0, 0.05) is 0 Å². The van der Waals surface area contributed by atoms with E-state index < -0.39 is 130 Å². The van der Waals surface area contributed by atoms with E-state index in [1.54, 1.807) is 0 Å². The van der Waals surface area contributed by atoms with Crippen molar-refractivity contribution in [2.45, 2.75) is 25.7 Å². The molecular weight excluding hydrogens is 654 g/mol. The number of rotatable bonds is 6. The Labute approximate surface area is 250 Å². The summed E-state index contributed by atoms with van der Waals surface area (Å²) in [5.41, 5.74) is 0.800. The zero-order chi connectivity index (χ0) is 34.9. The third-order valence-corrected chi connectivity index (χ3v) is 6.99. The summed E-state index contributed by atoms with van der Waals surface area (Å²) < 4.78 is 143. The van der Waals surface area contributed by atoms with Gasteiger partial charge in [0.25, 0.3) is 0 Å². The van der Waals surface area contributed by atoms with Gasteiger partial charge in [-0.05, 0) is 25.7 Å². The summed E-state index contributed by atoms with van der Waals surface area (Å²) in [6.45, 7) is 7.03. The molecule has 18 heteroatoms. The van der Waals surface area contributed by atoms with E-state index >= 15 is 0 Å². The normalized spacial score (nSPS) is 20.7. The molecule has 0 unspecified atom stereocenters. The Kier molecular flexibility index (Phi) is 10.5. The lowest BCUT2D eigenvalue weighted by Gasteiger charge is -2.18. The van der Waals surface area contributed by atoms with E-state index in [1.165, 1.54) is 0 Å². The molecule has 0 heterocycles. The molecule has 0 aromatic heterocycles. The fourth-order valence-electron chi connectivity index (χ4n) is 4.70. The molecule has 2 saturated carbocycles. The lowest BCUT2D eigenvalue weighted by Crippen LogP contribution is -2.32. The van der Waals surface area contributed by atoms with E-state index in [0.717, 1.165) is 5.57 Å². The largest absolute Gasteiger partial charge is 0.481 e. The third-order valence-electron chi connectivity index (χ3n) is 6.99. The molecule has 0 spiro atoms. The predicted molar refractivity (Wildman–Crippen MR) is 130 cm³/mol. The maximum Gasteiger partial charge on any atom is 0.315 e. The Balaban J connectivity index is 0.000000402. The van der Waals surface area contributed by atoms with Crippen LogP contribution in [0.5, 0.6) is 11.5 Å². The fraction of sp³-hybridized carbons (Fsp3) is 0.286. The molecule has 0 aliphatic heterocycles. The molecule has 0 saturated heterocycles.